The highest BCUT2D eigenvalue weighted by molar-refractivity contribution is 5.84. The molecule has 1 atom stereocenters. The second-order valence-electron chi connectivity index (χ2n) is 4.42. The van der Waals surface area contributed by atoms with Crippen LogP contribution in [0.3, 0.4) is 0 Å². The molecule has 1 aromatic rings. The molecule has 5 nitrogen and oxygen atoms in total. The molecular weight excluding hydrogens is 228 g/mol. The van der Waals surface area contributed by atoms with E-state index in [0.29, 0.717) is 17.8 Å². The Balaban J connectivity index is 2.15. The van der Waals surface area contributed by atoms with Gasteiger partial charge in [-0.3, -0.25) is 4.79 Å². The number of likely N-dealkylation sites (tertiary alicyclic amines) is 1. The summed E-state index contributed by atoms with van der Waals surface area (Å²) >= 11 is 0. The number of benzene rings is 1. The number of nitrogens with zero attached hydrogens (tertiary/aromatic N) is 2. The molecule has 1 heterocycles. The van der Waals surface area contributed by atoms with Crippen molar-refractivity contribution in [2.45, 2.75) is 19.0 Å². The Morgan fingerprint density at radius 2 is 2.39 bits per heavy atom. The van der Waals surface area contributed by atoms with Gasteiger partial charge in [-0.25, -0.2) is 0 Å². The molecule has 0 radical (unpaired) electrons. The summed E-state index contributed by atoms with van der Waals surface area (Å²) in [7, 11) is 1.79. The van der Waals surface area contributed by atoms with Crippen LogP contribution in [-0.4, -0.2) is 30.4 Å². The standard InChI is InChI=1S/C13H16N4O/c1-16-12-4-5-17(13(12)18)8-10-6-9(7-14)2-3-11(10)15/h2-3,6,12,16H,4-5,8,15H2,1H3. The average molecular weight is 244 g/mol. The van der Waals surface area contributed by atoms with E-state index >= 15 is 0 Å². The lowest BCUT2D eigenvalue weighted by Gasteiger charge is -2.18. The smallest absolute Gasteiger partial charge is 0.240 e. The molecule has 1 aliphatic heterocycles. The van der Waals surface area contributed by atoms with Crippen molar-refractivity contribution in [2.24, 2.45) is 0 Å². The summed E-state index contributed by atoms with van der Waals surface area (Å²) in [5.74, 6) is 0.0965. The number of nitriles is 1. The lowest BCUT2D eigenvalue weighted by Crippen LogP contribution is -2.36. The molecule has 5 heteroatoms. The van der Waals surface area contributed by atoms with Crippen molar-refractivity contribution in [3.63, 3.8) is 0 Å². The first-order chi connectivity index (χ1) is 8.65. The third-order valence-corrected chi connectivity index (χ3v) is 3.28. The van der Waals surface area contributed by atoms with Crippen molar-refractivity contribution in [1.82, 2.24) is 10.2 Å². The highest BCUT2D eigenvalue weighted by Gasteiger charge is 2.30. The van der Waals surface area contributed by atoms with E-state index in [9.17, 15) is 4.79 Å². The van der Waals surface area contributed by atoms with Crippen LogP contribution in [0.25, 0.3) is 0 Å². The minimum atomic E-state index is -0.0922. The third kappa shape index (κ3) is 2.29. The third-order valence-electron chi connectivity index (χ3n) is 3.28. The normalized spacial score (nSPS) is 19.0. The van der Waals surface area contributed by atoms with Crippen molar-refractivity contribution in [2.75, 3.05) is 19.3 Å². The Labute approximate surface area is 106 Å². The minimum absolute atomic E-state index is 0.0922. The summed E-state index contributed by atoms with van der Waals surface area (Å²) in [6, 6.07) is 7.13. The number of hydrogen-bond acceptors (Lipinski definition) is 4. The number of hydrogen-bond donors (Lipinski definition) is 2. The van der Waals surface area contributed by atoms with E-state index in [4.69, 9.17) is 11.0 Å². The van der Waals surface area contributed by atoms with Crippen LogP contribution in [0.2, 0.25) is 0 Å². The van der Waals surface area contributed by atoms with Gasteiger partial charge >= 0.3 is 0 Å². The molecule has 1 amide bonds. The number of anilines is 1. The number of nitrogens with one attached hydrogen (secondary N) is 1. The van der Waals surface area contributed by atoms with Gasteiger partial charge in [0.15, 0.2) is 0 Å². The van der Waals surface area contributed by atoms with Gasteiger partial charge in [0.2, 0.25) is 5.91 Å². The predicted molar refractivity (Wildman–Crippen MR) is 68.5 cm³/mol. The number of carbonyl (C=O) groups is 1. The van der Waals surface area contributed by atoms with Crippen LogP contribution in [-0.2, 0) is 11.3 Å². The molecule has 2 rings (SSSR count). The number of amides is 1. The fourth-order valence-corrected chi connectivity index (χ4v) is 2.18. The average Bonchev–Trinajstić information content (AvgIpc) is 2.73. The molecule has 0 aromatic heterocycles. The monoisotopic (exact) mass is 244 g/mol. The predicted octanol–water partition coefficient (Wildman–Crippen LogP) is 0.461. The van der Waals surface area contributed by atoms with Gasteiger partial charge in [-0.05, 0) is 37.2 Å². The van der Waals surface area contributed by atoms with E-state index in [1.807, 2.05) is 0 Å². The van der Waals surface area contributed by atoms with Crippen LogP contribution >= 0.6 is 0 Å². The zero-order valence-corrected chi connectivity index (χ0v) is 10.3. The van der Waals surface area contributed by atoms with Crippen molar-refractivity contribution in [3.8, 4) is 6.07 Å². The molecule has 1 unspecified atom stereocenters. The van der Waals surface area contributed by atoms with E-state index in [1.54, 1.807) is 30.1 Å². The Kier molecular flexibility index (Phi) is 3.49. The summed E-state index contributed by atoms with van der Waals surface area (Å²) in [5, 5.41) is 11.9. The van der Waals surface area contributed by atoms with Crippen molar-refractivity contribution < 1.29 is 4.79 Å². The van der Waals surface area contributed by atoms with Gasteiger partial charge in [0, 0.05) is 18.8 Å². The summed E-state index contributed by atoms with van der Waals surface area (Å²) in [6.07, 6.45) is 0.813. The molecule has 1 saturated heterocycles. The first kappa shape index (κ1) is 12.4. The van der Waals surface area contributed by atoms with Gasteiger partial charge in [-0.2, -0.15) is 5.26 Å². The number of carbonyl (C=O) groups excluding carboxylic acids is 1. The van der Waals surface area contributed by atoms with Crippen molar-refractivity contribution in [3.05, 3.63) is 29.3 Å². The number of likely N-dealkylation sites (N-methyl/N-ethyl adjacent to an activating group) is 1. The highest BCUT2D eigenvalue weighted by Crippen LogP contribution is 2.20. The number of nitrogen functional groups attached to an aromatic ring is 1. The summed E-state index contributed by atoms with van der Waals surface area (Å²) in [4.78, 5) is 13.7. The molecule has 94 valence electrons. The zero-order valence-electron chi connectivity index (χ0n) is 10.3. The molecule has 1 aromatic carbocycles. The second kappa shape index (κ2) is 5.07. The first-order valence-electron chi connectivity index (χ1n) is 5.90. The van der Waals surface area contributed by atoms with Gasteiger partial charge in [0.05, 0.1) is 17.7 Å². The summed E-state index contributed by atoms with van der Waals surface area (Å²) in [6.45, 7) is 1.19. The van der Waals surface area contributed by atoms with Crippen molar-refractivity contribution >= 4 is 11.6 Å². The SMILES string of the molecule is CNC1CCN(Cc2cc(C#N)ccc2N)C1=O. The number of rotatable bonds is 3. The molecule has 1 aliphatic rings. The molecule has 0 bridgehead atoms. The topological polar surface area (TPSA) is 82.2 Å². The van der Waals surface area contributed by atoms with Crippen LogP contribution in [0, 0.1) is 11.3 Å². The lowest BCUT2D eigenvalue weighted by atomic mass is 10.1. The van der Waals surface area contributed by atoms with E-state index < -0.39 is 0 Å². The molecular formula is C13H16N4O. The minimum Gasteiger partial charge on any atom is -0.398 e. The fourth-order valence-electron chi connectivity index (χ4n) is 2.18. The Bertz CT molecular complexity index is 506. The molecule has 0 spiro atoms. The zero-order chi connectivity index (χ0) is 13.1. The molecule has 1 fully saturated rings. The van der Waals surface area contributed by atoms with E-state index in [1.165, 1.54) is 0 Å². The molecule has 0 aliphatic carbocycles. The van der Waals surface area contributed by atoms with Crippen LogP contribution < -0.4 is 11.1 Å². The van der Waals surface area contributed by atoms with E-state index in [0.717, 1.165) is 18.5 Å². The maximum absolute atomic E-state index is 12.0. The van der Waals surface area contributed by atoms with Gasteiger partial charge < -0.3 is 16.0 Å². The fraction of sp³-hybridized carbons (Fsp3) is 0.385. The molecule has 0 saturated carbocycles. The second-order valence-corrected chi connectivity index (χ2v) is 4.42. The Hall–Kier alpha value is -2.06. The summed E-state index contributed by atoms with van der Waals surface area (Å²) < 4.78 is 0. The maximum Gasteiger partial charge on any atom is 0.240 e. The van der Waals surface area contributed by atoms with Gasteiger partial charge in [-0.1, -0.05) is 0 Å². The van der Waals surface area contributed by atoms with Crippen LogP contribution in [0.5, 0.6) is 0 Å². The lowest BCUT2D eigenvalue weighted by molar-refractivity contribution is -0.129. The van der Waals surface area contributed by atoms with Gasteiger partial charge in [0.25, 0.3) is 0 Å². The van der Waals surface area contributed by atoms with Crippen LogP contribution in [0.1, 0.15) is 17.5 Å². The number of nitrogens with two attached hydrogens (primary N) is 1. The Morgan fingerprint density at radius 3 is 3.00 bits per heavy atom. The Morgan fingerprint density at radius 1 is 1.61 bits per heavy atom. The quantitative estimate of drug-likeness (QED) is 0.757. The highest BCUT2D eigenvalue weighted by atomic mass is 16.2. The summed E-state index contributed by atoms with van der Waals surface area (Å²) in [5.41, 5.74) is 7.89. The van der Waals surface area contributed by atoms with Crippen molar-refractivity contribution in [1.29, 1.82) is 5.26 Å². The largest absolute Gasteiger partial charge is 0.398 e. The molecule has 18 heavy (non-hydrogen) atoms. The van der Waals surface area contributed by atoms with Gasteiger partial charge in [0.1, 0.15) is 0 Å². The van der Waals surface area contributed by atoms with Crippen LogP contribution in [0.15, 0.2) is 18.2 Å². The maximum atomic E-state index is 12.0. The van der Waals surface area contributed by atoms with Crippen LogP contribution in [0.4, 0.5) is 5.69 Å². The molecule has 3 N–H and O–H groups in total. The van der Waals surface area contributed by atoms with Gasteiger partial charge in [-0.15, -0.1) is 0 Å². The van der Waals surface area contributed by atoms with E-state index in [-0.39, 0.29) is 11.9 Å². The van der Waals surface area contributed by atoms with E-state index in [2.05, 4.69) is 11.4 Å². The first-order valence-corrected chi connectivity index (χ1v) is 5.90.